The van der Waals surface area contributed by atoms with Crippen molar-refractivity contribution in [1.82, 2.24) is 19.9 Å². The average Bonchev–Trinajstić information content (AvgIpc) is 3.32. The van der Waals surface area contributed by atoms with Gasteiger partial charge < -0.3 is 21.4 Å². The number of nitrogens with two attached hydrogens (primary N) is 2. The van der Waals surface area contributed by atoms with Crippen LogP contribution in [0.25, 0.3) is 21.8 Å². The molecule has 5 aromatic rings. The maximum absolute atomic E-state index is 6.25. The largest absolute Gasteiger partial charge is 0.383 e. The van der Waals surface area contributed by atoms with E-state index in [0.29, 0.717) is 18.7 Å². The Labute approximate surface area is 161 Å². The summed E-state index contributed by atoms with van der Waals surface area (Å²) in [5, 5.41) is 2.37. The van der Waals surface area contributed by atoms with Crippen molar-refractivity contribution in [3.63, 3.8) is 0 Å². The zero-order valence-electron chi connectivity index (χ0n) is 15.2. The second kappa shape index (κ2) is 6.42. The summed E-state index contributed by atoms with van der Waals surface area (Å²) < 4.78 is 0. The molecule has 0 spiro atoms. The van der Waals surface area contributed by atoms with E-state index in [1.165, 1.54) is 10.8 Å². The Bertz CT molecular complexity index is 1300. The number of hydrogen-bond donors (Lipinski definition) is 4. The summed E-state index contributed by atoms with van der Waals surface area (Å²) in [5.41, 5.74) is 18.4. The second-order valence-electron chi connectivity index (χ2n) is 7.04. The first-order valence-corrected chi connectivity index (χ1v) is 9.18. The van der Waals surface area contributed by atoms with Crippen molar-refractivity contribution in [1.29, 1.82) is 0 Å². The van der Waals surface area contributed by atoms with Gasteiger partial charge in [0.2, 0.25) is 5.95 Å². The van der Waals surface area contributed by atoms with E-state index in [4.69, 9.17) is 11.5 Å². The molecule has 0 aliphatic heterocycles. The highest BCUT2D eigenvalue weighted by Gasteiger charge is 2.14. The third-order valence-electron chi connectivity index (χ3n) is 5.13. The first-order chi connectivity index (χ1) is 13.7. The van der Waals surface area contributed by atoms with Crippen LogP contribution in [0.15, 0.2) is 60.9 Å². The van der Waals surface area contributed by atoms with Crippen LogP contribution in [0.5, 0.6) is 0 Å². The fourth-order valence-electron chi connectivity index (χ4n) is 3.72. The summed E-state index contributed by atoms with van der Waals surface area (Å²) in [6.45, 7) is 0. The molecule has 6 heteroatoms. The van der Waals surface area contributed by atoms with Crippen molar-refractivity contribution in [2.45, 2.75) is 12.8 Å². The van der Waals surface area contributed by atoms with Crippen LogP contribution >= 0.6 is 0 Å². The van der Waals surface area contributed by atoms with Crippen molar-refractivity contribution in [2.75, 3.05) is 11.5 Å². The molecule has 0 aliphatic rings. The van der Waals surface area contributed by atoms with E-state index in [2.05, 4.69) is 68.5 Å². The van der Waals surface area contributed by atoms with Gasteiger partial charge >= 0.3 is 0 Å². The van der Waals surface area contributed by atoms with E-state index in [0.717, 1.165) is 33.4 Å². The highest BCUT2D eigenvalue weighted by Crippen LogP contribution is 2.25. The van der Waals surface area contributed by atoms with Crippen molar-refractivity contribution in [3.8, 4) is 0 Å². The van der Waals surface area contributed by atoms with E-state index in [1.807, 2.05) is 12.4 Å². The van der Waals surface area contributed by atoms with Gasteiger partial charge in [-0.05, 0) is 46.2 Å². The van der Waals surface area contributed by atoms with Gasteiger partial charge in [-0.25, -0.2) is 4.98 Å². The van der Waals surface area contributed by atoms with Crippen LogP contribution in [0.3, 0.4) is 0 Å². The van der Waals surface area contributed by atoms with Crippen LogP contribution in [0, 0.1) is 0 Å². The van der Waals surface area contributed by atoms with E-state index < -0.39 is 0 Å². The predicted octanol–water partition coefficient (Wildman–Crippen LogP) is 3.79. The minimum absolute atomic E-state index is 0.206. The Morgan fingerprint density at radius 1 is 0.714 bits per heavy atom. The minimum Gasteiger partial charge on any atom is -0.383 e. The van der Waals surface area contributed by atoms with E-state index >= 15 is 0 Å². The lowest BCUT2D eigenvalue weighted by Gasteiger charge is -2.12. The Kier molecular flexibility index (Phi) is 3.76. The molecule has 2 aromatic carbocycles. The lowest BCUT2D eigenvalue weighted by Crippen LogP contribution is -2.10. The molecule has 5 rings (SSSR count). The maximum atomic E-state index is 6.25. The van der Waals surface area contributed by atoms with Crippen LogP contribution < -0.4 is 11.5 Å². The van der Waals surface area contributed by atoms with E-state index in [-0.39, 0.29) is 5.95 Å². The summed E-state index contributed by atoms with van der Waals surface area (Å²) in [6, 6.07) is 16.8. The lowest BCUT2D eigenvalue weighted by molar-refractivity contribution is 0.982. The zero-order valence-corrected chi connectivity index (χ0v) is 15.2. The number of benzene rings is 2. The normalized spacial score (nSPS) is 11.4. The van der Waals surface area contributed by atoms with Crippen molar-refractivity contribution in [2.24, 2.45) is 0 Å². The highest BCUT2D eigenvalue weighted by atomic mass is 15.0. The molecule has 6 nitrogen and oxygen atoms in total. The fraction of sp³-hybridized carbons (Fsp3) is 0.0909. The number of aromatic amines is 2. The number of nitrogens with one attached hydrogen (secondary N) is 2. The molecule has 0 atom stereocenters. The number of fused-ring (bicyclic) bond motifs is 2. The molecule has 3 heterocycles. The SMILES string of the molecule is Nc1nc(N)c(Cc2ccc3cc[nH]c3c2)c(Cc2ccc3cc[nH]c3c2)n1. The number of rotatable bonds is 4. The van der Waals surface area contributed by atoms with Gasteiger partial charge in [-0.1, -0.05) is 24.3 Å². The Morgan fingerprint density at radius 2 is 1.32 bits per heavy atom. The lowest BCUT2D eigenvalue weighted by atomic mass is 9.99. The van der Waals surface area contributed by atoms with Crippen LogP contribution in [0.4, 0.5) is 11.8 Å². The van der Waals surface area contributed by atoms with Crippen molar-refractivity contribution in [3.05, 3.63) is 83.3 Å². The molecule has 28 heavy (non-hydrogen) atoms. The molecule has 6 N–H and O–H groups in total. The number of nitrogen functional groups attached to an aromatic ring is 2. The third-order valence-corrected chi connectivity index (χ3v) is 5.13. The fourth-order valence-corrected chi connectivity index (χ4v) is 3.72. The molecule has 3 aromatic heterocycles. The molecule has 138 valence electrons. The predicted molar refractivity (Wildman–Crippen MR) is 113 cm³/mol. The number of aromatic nitrogens is 4. The van der Waals surface area contributed by atoms with E-state index in [1.54, 1.807) is 0 Å². The number of H-pyrrole nitrogens is 2. The summed E-state index contributed by atoms with van der Waals surface area (Å²) in [7, 11) is 0. The maximum Gasteiger partial charge on any atom is 0.222 e. The van der Waals surface area contributed by atoms with Gasteiger partial charge in [-0.15, -0.1) is 0 Å². The standard InChI is InChI=1S/C22H20N6/c23-21-17(9-13-1-3-15-5-7-25-18(15)10-13)20(27-22(24)28-21)12-14-2-4-16-6-8-26-19(16)11-14/h1-8,10-11,25-26H,9,12H2,(H4,23,24,27,28). The van der Waals surface area contributed by atoms with Gasteiger partial charge in [0.15, 0.2) is 0 Å². The first-order valence-electron chi connectivity index (χ1n) is 9.18. The van der Waals surface area contributed by atoms with Crippen LogP contribution in [-0.2, 0) is 12.8 Å². The Balaban J connectivity index is 1.53. The van der Waals surface area contributed by atoms with Crippen LogP contribution in [0.2, 0.25) is 0 Å². The van der Waals surface area contributed by atoms with Gasteiger partial charge in [-0.3, -0.25) is 0 Å². The summed E-state index contributed by atoms with van der Waals surface area (Å²) >= 11 is 0. The topological polar surface area (TPSA) is 109 Å². The number of hydrogen-bond acceptors (Lipinski definition) is 4. The zero-order chi connectivity index (χ0) is 19.1. The summed E-state index contributed by atoms with van der Waals surface area (Å²) in [5.74, 6) is 0.645. The van der Waals surface area contributed by atoms with Crippen molar-refractivity contribution >= 4 is 33.6 Å². The Hall–Kier alpha value is -3.80. The number of nitrogens with zero attached hydrogens (tertiary/aromatic N) is 2. The molecule has 0 fully saturated rings. The Morgan fingerprint density at radius 3 is 1.96 bits per heavy atom. The van der Waals surface area contributed by atoms with Gasteiger partial charge in [0, 0.05) is 41.8 Å². The molecule has 0 radical (unpaired) electrons. The number of anilines is 2. The highest BCUT2D eigenvalue weighted by molar-refractivity contribution is 5.80. The molecular weight excluding hydrogens is 348 g/mol. The first kappa shape index (κ1) is 16.4. The van der Waals surface area contributed by atoms with Gasteiger partial charge in [0.05, 0.1) is 5.69 Å². The molecule has 0 bridgehead atoms. The molecule has 0 amide bonds. The molecular formula is C22H20N6. The smallest absolute Gasteiger partial charge is 0.222 e. The average molecular weight is 368 g/mol. The van der Waals surface area contributed by atoms with Crippen molar-refractivity contribution < 1.29 is 0 Å². The quantitative estimate of drug-likeness (QED) is 0.387. The van der Waals surface area contributed by atoms with Gasteiger partial charge in [0.25, 0.3) is 0 Å². The van der Waals surface area contributed by atoms with Gasteiger partial charge in [0.1, 0.15) is 5.82 Å². The van der Waals surface area contributed by atoms with E-state index in [9.17, 15) is 0 Å². The van der Waals surface area contributed by atoms with Gasteiger partial charge in [-0.2, -0.15) is 4.98 Å². The third kappa shape index (κ3) is 2.95. The van der Waals surface area contributed by atoms with Crippen LogP contribution in [-0.4, -0.2) is 19.9 Å². The van der Waals surface area contributed by atoms with Crippen LogP contribution in [0.1, 0.15) is 22.4 Å². The minimum atomic E-state index is 0.206. The molecule has 0 aliphatic carbocycles. The summed E-state index contributed by atoms with van der Waals surface area (Å²) in [4.78, 5) is 15.2. The second-order valence-corrected chi connectivity index (χ2v) is 7.04. The summed E-state index contributed by atoms with van der Waals surface area (Å²) in [6.07, 6.45) is 5.18. The molecule has 0 unspecified atom stereocenters. The monoisotopic (exact) mass is 368 g/mol. The molecule has 0 saturated heterocycles. The molecule has 0 saturated carbocycles.